The molecule has 5 nitrogen and oxygen atoms in total. The Morgan fingerprint density at radius 3 is 2.08 bits per heavy atom. The van der Waals surface area contributed by atoms with E-state index in [2.05, 4.69) is 5.32 Å². The molecule has 0 heterocycles. The van der Waals surface area contributed by atoms with Gasteiger partial charge in [0.2, 0.25) is 5.91 Å². The molecule has 2 aromatic carbocycles. The van der Waals surface area contributed by atoms with Gasteiger partial charge in [0.15, 0.2) is 12.4 Å². The summed E-state index contributed by atoms with van der Waals surface area (Å²) in [5, 5.41) is 2.78. The average molecular weight is 339 g/mol. The summed E-state index contributed by atoms with van der Waals surface area (Å²) in [6.45, 7) is 4.93. The number of rotatable bonds is 6. The number of Topliss-reactive ketones (excluding diaryl/α,β-unsaturated/α-hetero) is 1. The molecule has 5 heteroatoms. The maximum Gasteiger partial charge on any atom is 0.338 e. The van der Waals surface area contributed by atoms with Crippen molar-refractivity contribution in [2.24, 2.45) is 0 Å². The molecule has 1 atom stereocenters. The summed E-state index contributed by atoms with van der Waals surface area (Å²) in [5.41, 5.74) is 2.80. The Balaban J connectivity index is 1.93. The molecular weight excluding hydrogens is 318 g/mol. The van der Waals surface area contributed by atoms with E-state index in [-0.39, 0.29) is 24.3 Å². The smallest absolute Gasteiger partial charge is 0.338 e. The van der Waals surface area contributed by atoms with Crippen LogP contribution in [0.3, 0.4) is 0 Å². The molecule has 130 valence electrons. The molecule has 1 unspecified atom stereocenters. The van der Waals surface area contributed by atoms with Crippen molar-refractivity contribution in [3.63, 3.8) is 0 Å². The minimum Gasteiger partial charge on any atom is -0.454 e. The molecule has 0 bridgehead atoms. The summed E-state index contributed by atoms with van der Waals surface area (Å²) in [6.07, 6.45) is 0. The van der Waals surface area contributed by atoms with Crippen LogP contribution in [0, 0.1) is 6.92 Å². The van der Waals surface area contributed by atoms with E-state index in [1.165, 1.54) is 6.92 Å². The van der Waals surface area contributed by atoms with Crippen LogP contribution < -0.4 is 5.32 Å². The molecule has 0 fully saturated rings. The molecule has 0 aliphatic carbocycles. The second-order valence-electron chi connectivity index (χ2n) is 5.91. The van der Waals surface area contributed by atoms with Gasteiger partial charge in [-0.25, -0.2) is 4.79 Å². The van der Waals surface area contributed by atoms with Gasteiger partial charge in [-0.2, -0.15) is 0 Å². The molecule has 2 rings (SSSR count). The normalized spacial score (nSPS) is 11.5. The van der Waals surface area contributed by atoms with Crippen molar-refractivity contribution in [1.29, 1.82) is 0 Å². The second kappa shape index (κ2) is 8.24. The van der Waals surface area contributed by atoms with Gasteiger partial charge in [0.25, 0.3) is 0 Å². The van der Waals surface area contributed by atoms with Crippen molar-refractivity contribution in [2.75, 3.05) is 6.61 Å². The minimum absolute atomic E-state index is 0.115. The lowest BCUT2D eigenvalue weighted by Gasteiger charge is -2.13. The fourth-order valence-corrected chi connectivity index (χ4v) is 2.33. The SMILES string of the molecule is CC(=O)NC(C)c1ccc(C(=O)COC(=O)c2ccc(C)cc2)cc1. The van der Waals surface area contributed by atoms with E-state index < -0.39 is 5.97 Å². The molecule has 0 aliphatic rings. The topological polar surface area (TPSA) is 72.5 Å². The predicted molar refractivity (Wildman–Crippen MR) is 94.5 cm³/mol. The number of hydrogen-bond donors (Lipinski definition) is 1. The molecule has 0 saturated heterocycles. The molecule has 0 saturated carbocycles. The first-order valence-corrected chi connectivity index (χ1v) is 8.01. The second-order valence-corrected chi connectivity index (χ2v) is 5.91. The Morgan fingerprint density at radius 2 is 1.52 bits per heavy atom. The average Bonchev–Trinajstić information content (AvgIpc) is 2.59. The van der Waals surface area contributed by atoms with Crippen LogP contribution in [0.15, 0.2) is 48.5 Å². The molecule has 1 amide bonds. The van der Waals surface area contributed by atoms with Crippen LogP contribution in [-0.2, 0) is 9.53 Å². The van der Waals surface area contributed by atoms with Gasteiger partial charge < -0.3 is 10.1 Å². The number of aryl methyl sites for hydroxylation is 1. The standard InChI is InChI=1S/C20H21NO4/c1-13-4-6-18(7-5-13)20(24)25-12-19(23)17-10-8-16(9-11-17)14(2)21-15(3)22/h4-11,14H,12H2,1-3H3,(H,21,22). The number of carbonyl (C=O) groups is 3. The van der Waals surface area contributed by atoms with Crippen LogP contribution in [0.4, 0.5) is 0 Å². The fourth-order valence-electron chi connectivity index (χ4n) is 2.33. The lowest BCUT2D eigenvalue weighted by atomic mass is 10.0. The van der Waals surface area contributed by atoms with Gasteiger partial charge in [0, 0.05) is 12.5 Å². The van der Waals surface area contributed by atoms with E-state index in [9.17, 15) is 14.4 Å². The van der Waals surface area contributed by atoms with Crippen molar-refractivity contribution < 1.29 is 19.1 Å². The number of esters is 1. The number of amides is 1. The summed E-state index contributed by atoms with van der Waals surface area (Å²) >= 11 is 0. The maximum absolute atomic E-state index is 12.1. The Morgan fingerprint density at radius 1 is 0.960 bits per heavy atom. The first kappa shape index (κ1) is 18.4. The lowest BCUT2D eigenvalue weighted by molar-refractivity contribution is -0.119. The summed E-state index contributed by atoms with van der Waals surface area (Å²) < 4.78 is 5.07. The van der Waals surface area contributed by atoms with Crippen molar-refractivity contribution in [1.82, 2.24) is 5.32 Å². The summed E-state index contributed by atoms with van der Waals surface area (Å²) in [6, 6.07) is 13.7. The fraction of sp³-hybridized carbons (Fsp3) is 0.250. The van der Waals surface area contributed by atoms with Crippen LogP contribution in [0.1, 0.15) is 51.7 Å². The number of ketones is 1. The van der Waals surface area contributed by atoms with Crippen molar-refractivity contribution in [3.05, 3.63) is 70.8 Å². The van der Waals surface area contributed by atoms with Gasteiger partial charge in [-0.1, -0.05) is 42.0 Å². The van der Waals surface area contributed by atoms with Crippen LogP contribution in [-0.4, -0.2) is 24.3 Å². The Bertz CT molecular complexity index is 763. The van der Waals surface area contributed by atoms with E-state index in [1.54, 1.807) is 36.4 Å². The van der Waals surface area contributed by atoms with Gasteiger partial charge in [-0.05, 0) is 31.5 Å². The van der Waals surface area contributed by atoms with E-state index in [1.807, 2.05) is 26.0 Å². The molecule has 0 aromatic heterocycles. The Kier molecular flexibility index (Phi) is 6.06. The van der Waals surface area contributed by atoms with E-state index in [4.69, 9.17) is 4.74 Å². The van der Waals surface area contributed by atoms with Crippen LogP contribution in [0.25, 0.3) is 0 Å². The quantitative estimate of drug-likeness (QED) is 0.648. The zero-order chi connectivity index (χ0) is 18.4. The van der Waals surface area contributed by atoms with Crippen LogP contribution >= 0.6 is 0 Å². The molecule has 25 heavy (non-hydrogen) atoms. The van der Waals surface area contributed by atoms with Crippen molar-refractivity contribution in [2.45, 2.75) is 26.8 Å². The number of hydrogen-bond acceptors (Lipinski definition) is 4. The molecule has 1 N–H and O–H groups in total. The van der Waals surface area contributed by atoms with Crippen molar-refractivity contribution >= 4 is 17.7 Å². The molecular formula is C20H21NO4. The predicted octanol–water partition coefficient (Wildman–Crippen LogP) is 3.23. The van der Waals surface area contributed by atoms with Crippen LogP contribution in [0.2, 0.25) is 0 Å². The third-order valence-corrected chi connectivity index (χ3v) is 3.77. The van der Waals surface area contributed by atoms with Gasteiger partial charge in [0.1, 0.15) is 0 Å². The molecule has 0 spiro atoms. The molecule has 2 aromatic rings. The molecule has 0 aliphatic heterocycles. The first-order chi connectivity index (χ1) is 11.9. The van der Waals surface area contributed by atoms with Crippen molar-refractivity contribution in [3.8, 4) is 0 Å². The summed E-state index contributed by atoms with van der Waals surface area (Å²) in [4.78, 5) is 35.1. The third-order valence-electron chi connectivity index (χ3n) is 3.77. The number of ether oxygens (including phenoxy) is 1. The zero-order valence-electron chi connectivity index (χ0n) is 14.5. The number of nitrogens with one attached hydrogen (secondary N) is 1. The third kappa shape index (κ3) is 5.28. The largest absolute Gasteiger partial charge is 0.454 e. The van der Waals surface area contributed by atoms with E-state index in [0.29, 0.717) is 11.1 Å². The highest BCUT2D eigenvalue weighted by atomic mass is 16.5. The summed E-state index contributed by atoms with van der Waals surface area (Å²) in [7, 11) is 0. The number of benzene rings is 2. The maximum atomic E-state index is 12.1. The van der Waals surface area contributed by atoms with Gasteiger partial charge in [0.05, 0.1) is 11.6 Å². The van der Waals surface area contributed by atoms with Crippen LogP contribution in [0.5, 0.6) is 0 Å². The minimum atomic E-state index is -0.524. The van der Waals surface area contributed by atoms with E-state index >= 15 is 0 Å². The monoisotopic (exact) mass is 339 g/mol. The Hall–Kier alpha value is -2.95. The van der Waals surface area contributed by atoms with E-state index in [0.717, 1.165) is 11.1 Å². The summed E-state index contributed by atoms with van der Waals surface area (Å²) in [5.74, 6) is -0.917. The highest BCUT2D eigenvalue weighted by molar-refractivity contribution is 5.99. The zero-order valence-corrected chi connectivity index (χ0v) is 14.5. The number of carbonyl (C=O) groups excluding carboxylic acids is 3. The van der Waals surface area contributed by atoms with Gasteiger partial charge in [-0.3, -0.25) is 9.59 Å². The molecule has 0 radical (unpaired) electrons. The van der Waals surface area contributed by atoms with Gasteiger partial charge >= 0.3 is 5.97 Å². The highest BCUT2D eigenvalue weighted by Gasteiger charge is 2.13. The van der Waals surface area contributed by atoms with Gasteiger partial charge in [-0.15, -0.1) is 0 Å². The lowest BCUT2D eigenvalue weighted by Crippen LogP contribution is -2.23. The first-order valence-electron chi connectivity index (χ1n) is 8.01. The highest BCUT2D eigenvalue weighted by Crippen LogP contribution is 2.14. The Labute approximate surface area is 147 Å².